The SMILES string of the molecule is CCC(=O)Nc1ccc(C#N)cn1. The zero-order valence-corrected chi connectivity index (χ0v) is 7.24. The maximum Gasteiger partial charge on any atom is 0.225 e. The van der Waals surface area contributed by atoms with Gasteiger partial charge >= 0.3 is 0 Å². The standard InChI is InChI=1S/C9H9N3O/c1-2-9(13)12-8-4-3-7(5-10)6-11-8/h3-4,6H,2H2,1H3,(H,11,12,13). The monoisotopic (exact) mass is 175 g/mol. The molecule has 4 nitrogen and oxygen atoms in total. The van der Waals surface area contributed by atoms with E-state index in [2.05, 4.69) is 10.3 Å². The minimum atomic E-state index is -0.0859. The fourth-order valence-corrected chi connectivity index (χ4v) is 0.765. The second-order valence-corrected chi connectivity index (χ2v) is 2.45. The molecule has 4 heteroatoms. The molecule has 0 unspecified atom stereocenters. The molecule has 0 saturated heterocycles. The Balaban J connectivity index is 2.71. The number of carbonyl (C=O) groups is 1. The van der Waals surface area contributed by atoms with E-state index in [1.54, 1.807) is 19.1 Å². The summed E-state index contributed by atoms with van der Waals surface area (Å²) in [6.45, 7) is 1.76. The number of hydrogen-bond donors (Lipinski definition) is 1. The summed E-state index contributed by atoms with van der Waals surface area (Å²) in [5.74, 6) is 0.392. The van der Waals surface area contributed by atoms with Crippen molar-refractivity contribution in [2.24, 2.45) is 0 Å². The molecule has 1 heterocycles. The molecule has 0 atom stereocenters. The van der Waals surface area contributed by atoms with Crippen molar-refractivity contribution in [3.63, 3.8) is 0 Å². The Bertz CT molecular complexity index is 337. The number of rotatable bonds is 2. The molecule has 1 N–H and O–H groups in total. The minimum absolute atomic E-state index is 0.0859. The van der Waals surface area contributed by atoms with Gasteiger partial charge in [-0.1, -0.05) is 6.92 Å². The van der Waals surface area contributed by atoms with Crippen LogP contribution in [0, 0.1) is 11.3 Å². The van der Waals surface area contributed by atoms with Gasteiger partial charge in [-0.2, -0.15) is 5.26 Å². The van der Waals surface area contributed by atoms with Gasteiger partial charge < -0.3 is 5.32 Å². The highest BCUT2D eigenvalue weighted by Gasteiger charge is 1.99. The number of aromatic nitrogens is 1. The van der Waals surface area contributed by atoms with Crippen molar-refractivity contribution in [3.05, 3.63) is 23.9 Å². The van der Waals surface area contributed by atoms with Crippen molar-refractivity contribution in [1.82, 2.24) is 4.98 Å². The van der Waals surface area contributed by atoms with Crippen molar-refractivity contribution in [2.75, 3.05) is 5.32 Å². The first-order valence-electron chi connectivity index (χ1n) is 3.92. The highest BCUT2D eigenvalue weighted by molar-refractivity contribution is 5.89. The van der Waals surface area contributed by atoms with Crippen LogP contribution in [0.3, 0.4) is 0 Å². The molecule has 1 amide bonds. The lowest BCUT2D eigenvalue weighted by molar-refractivity contribution is -0.115. The molecule has 0 spiro atoms. The number of amides is 1. The molecule has 0 radical (unpaired) electrons. The van der Waals surface area contributed by atoms with E-state index < -0.39 is 0 Å². The Labute approximate surface area is 76.2 Å². The van der Waals surface area contributed by atoms with Gasteiger partial charge in [0.15, 0.2) is 0 Å². The number of nitrogens with zero attached hydrogens (tertiary/aromatic N) is 2. The second kappa shape index (κ2) is 4.21. The first kappa shape index (κ1) is 9.20. The van der Waals surface area contributed by atoms with Crippen LogP contribution in [0.1, 0.15) is 18.9 Å². The van der Waals surface area contributed by atoms with Gasteiger partial charge in [0, 0.05) is 12.6 Å². The van der Waals surface area contributed by atoms with Crippen molar-refractivity contribution in [3.8, 4) is 6.07 Å². The first-order chi connectivity index (χ1) is 6.26. The van der Waals surface area contributed by atoms with Crippen LogP contribution in [0.5, 0.6) is 0 Å². The molecule has 13 heavy (non-hydrogen) atoms. The Kier molecular flexibility index (Phi) is 2.98. The normalized spacial score (nSPS) is 8.92. The number of nitriles is 1. The van der Waals surface area contributed by atoms with E-state index >= 15 is 0 Å². The van der Waals surface area contributed by atoms with Gasteiger partial charge in [-0.15, -0.1) is 0 Å². The van der Waals surface area contributed by atoms with E-state index in [-0.39, 0.29) is 5.91 Å². The topological polar surface area (TPSA) is 65.8 Å². The van der Waals surface area contributed by atoms with E-state index in [0.717, 1.165) is 0 Å². The molecule has 0 aliphatic carbocycles. The highest BCUT2D eigenvalue weighted by Crippen LogP contribution is 2.03. The molecule has 0 fully saturated rings. The molecule has 0 saturated carbocycles. The summed E-state index contributed by atoms with van der Waals surface area (Å²) in [6.07, 6.45) is 1.84. The van der Waals surface area contributed by atoms with E-state index in [1.807, 2.05) is 6.07 Å². The number of hydrogen-bond acceptors (Lipinski definition) is 3. The molecule has 66 valence electrons. The second-order valence-electron chi connectivity index (χ2n) is 2.45. The number of pyridine rings is 1. The summed E-state index contributed by atoms with van der Waals surface area (Å²) in [4.78, 5) is 14.8. The third kappa shape index (κ3) is 2.56. The predicted molar refractivity (Wildman–Crippen MR) is 47.9 cm³/mol. The van der Waals surface area contributed by atoms with E-state index in [9.17, 15) is 4.79 Å². The molecule has 1 aromatic heterocycles. The van der Waals surface area contributed by atoms with Crippen LogP contribution in [0.4, 0.5) is 5.82 Å². The van der Waals surface area contributed by atoms with Crippen LogP contribution in [0.15, 0.2) is 18.3 Å². The molecule has 0 bridgehead atoms. The van der Waals surface area contributed by atoms with E-state index in [4.69, 9.17) is 5.26 Å². The lowest BCUT2D eigenvalue weighted by Gasteiger charge is -2.00. The fraction of sp³-hybridized carbons (Fsp3) is 0.222. The molecular formula is C9H9N3O. The molecule has 1 aromatic rings. The van der Waals surface area contributed by atoms with Gasteiger partial charge in [0.25, 0.3) is 0 Å². The zero-order valence-electron chi connectivity index (χ0n) is 7.24. The van der Waals surface area contributed by atoms with Gasteiger partial charge in [0.05, 0.1) is 5.56 Å². The van der Waals surface area contributed by atoms with Crippen LogP contribution in [-0.2, 0) is 4.79 Å². The maximum absolute atomic E-state index is 10.9. The molecule has 0 aliphatic rings. The molecule has 0 aromatic carbocycles. The lowest BCUT2D eigenvalue weighted by atomic mass is 10.3. The fourth-order valence-electron chi connectivity index (χ4n) is 0.765. The summed E-state index contributed by atoms with van der Waals surface area (Å²) in [7, 11) is 0. The summed E-state index contributed by atoms with van der Waals surface area (Å²) in [6, 6.07) is 5.16. The van der Waals surface area contributed by atoms with Gasteiger partial charge in [0.1, 0.15) is 11.9 Å². The Morgan fingerprint density at radius 3 is 2.92 bits per heavy atom. The van der Waals surface area contributed by atoms with Gasteiger partial charge in [0.2, 0.25) is 5.91 Å². The largest absolute Gasteiger partial charge is 0.311 e. The Morgan fingerprint density at radius 2 is 2.46 bits per heavy atom. The third-order valence-corrected chi connectivity index (χ3v) is 1.48. The van der Waals surface area contributed by atoms with Gasteiger partial charge in [-0.25, -0.2) is 4.98 Å². The van der Waals surface area contributed by atoms with E-state index in [1.165, 1.54) is 6.20 Å². The lowest BCUT2D eigenvalue weighted by Crippen LogP contribution is -2.10. The zero-order chi connectivity index (χ0) is 9.68. The maximum atomic E-state index is 10.9. The highest BCUT2D eigenvalue weighted by atomic mass is 16.1. The van der Waals surface area contributed by atoms with Crippen molar-refractivity contribution >= 4 is 11.7 Å². The summed E-state index contributed by atoms with van der Waals surface area (Å²) in [5, 5.41) is 11.1. The number of nitrogens with one attached hydrogen (secondary N) is 1. The van der Waals surface area contributed by atoms with Crippen LogP contribution in [0.2, 0.25) is 0 Å². The van der Waals surface area contributed by atoms with E-state index in [0.29, 0.717) is 17.8 Å². The Hall–Kier alpha value is -1.89. The average molecular weight is 175 g/mol. The molecular weight excluding hydrogens is 166 g/mol. The van der Waals surface area contributed by atoms with Gasteiger partial charge in [-0.05, 0) is 12.1 Å². The van der Waals surface area contributed by atoms with Crippen molar-refractivity contribution in [2.45, 2.75) is 13.3 Å². The minimum Gasteiger partial charge on any atom is -0.311 e. The quantitative estimate of drug-likeness (QED) is 0.736. The van der Waals surface area contributed by atoms with Crippen LogP contribution >= 0.6 is 0 Å². The molecule has 0 aliphatic heterocycles. The number of carbonyl (C=O) groups excluding carboxylic acids is 1. The van der Waals surface area contributed by atoms with Crippen LogP contribution in [-0.4, -0.2) is 10.9 Å². The molecule has 1 rings (SSSR count). The number of anilines is 1. The van der Waals surface area contributed by atoms with Crippen molar-refractivity contribution in [1.29, 1.82) is 5.26 Å². The smallest absolute Gasteiger partial charge is 0.225 e. The van der Waals surface area contributed by atoms with Crippen molar-refractivity contribution < 1.29 is 4.79 Å². The van der Waals surface area contributed by atoms with Gasteiger partial charge in [-0.3, -0.25) is 4.79 Å². The predicted octanol–water partition coefficient (Wildman–Crippen LogP) is 1.30. The summed E-state index contributed by atoms with van der Waals surface area (Å²) >= 11 is 0. The first-order valence-corrected chi connectivity index (χ1v) is 3.92. The third-order valence-electron chi connectivity index (χ3n) is 1.48. The van der Waals surface area contributed by atoms with Crippen LogP contribution in [0.25, 0.3) is 0 Å². The summed E-state index contributed by atoms with van der Waals surface area (Å²) < 4.78 is 0. The average Bonchev–Trinajstić information content (AvgIpc) is 2.19. The summed E-state index contributed by atoms with van der Waals surface area (Å²) in [5.41, 5.74) is 0.481. The van der Waals surface area contributed by atoms with Crippen LogP contribution < -0.4 is 5.32 Å². The Morgan fingerprint density at radius 1 is 1.69 bits per heavy atom.